The maximum absolute atomic E-state index is 11.2. The van der Waals surface area contributed by atoms with Crippen molar-refractivity contribution in [1.29, 1.82) is 0 Å². The Morgan fingerprint density at radius 2 is 2.14 bits per heavy atom. The minimum atomic E-state index is 0.115. The molecule has 0 spiro atoms. The number of hydrogen-bond donors (Lipinski definition) is 2. The van der Waals surface area contributed by atoms with Crippen LogP contribution < -0.4 is 10.6 Å². The molecule has 84 valence electrons. The van der Waals surface area contributed by atoms with Crippen molar-refractivity contribution in [2.24, 2.45) is 0 Å². The molecule has 0 aromatic rings. The van der Waals surface area contributed by atoms with Crippen molar-refractivity contribution in [3.05, 3.63) is 0 Å². The average molecular weight is 202 g/mol. The van der Waals surface area contributed by atoms with Gasteiger partial charge in [0.2, 0.25) is 5.91 Å². The van der Waals surface area contributed by atoms with Crippen molar-refractivity contribution in [1.82, 2.24) is 10.6 Å². The first-order valence-electron chi connectivity index (χ1n) is 5.19. The van der Waals surface area contributed by atoms with E-state index >= 15 is 0 Å². The molecule has 0 saturated heterocycles. The normalized spacial score (nSPS) is 12.5. The Hall–Kier alpha value is -0.610. The molecule has 1 atom stereocenters. The van der Waals surface area contributed by atoms with Gasteiger partial charge >= 0.3 is 0 Å². The first-order chi connectivity index (χ1) is 6.70. The standard InChI is InChI=1S/C10H22N2O2/c1-4-6-12-10(13)5-7-11-9(2)8-14-3/h9,11H,4-8H2,1-3H3,(H,12,13). The number of nitrogens with one attached hydrogen (secondary N) is 2. The third-order valence-corrected chi connectivity index (χ3v) is 1.83. The molecule has 0 saturated carbocycles. The highest BCUT2D eigenvalue weighted by molar-refractivity contribution is 5.75. The Balaban J connectivity index is 3.30. The van der Waals surface area contributed by atoms with Crippen molar-refractivity contribution < 1.29 is 9.53 Å². The predicted molar refractivity (Wildman–Crippen MR) is 57.3 cm³/mol. The van der Waals surface area contributed by atoms with Crippen molar-refractivity contribution >= 4 is 5.91 Å². The minimum Gasteiger partial charge on any atom is -0.383 e. The Morgan fingerprint density at radius 1 is 1.43 bits per heavy atom. The SMILES string of the molecule is CCCNC(=O)CCNC(C)COC. The summed E-state index contributed by atoms with van der Waals surface area (Å²) in [7, 11) is 1.67. The quantitative estimate of drug-likeness (QED) is 0.603. The summed E-state index contributed by atoms with van der Waals surface area (Å²) < 4.78 is 4.96. The Morgan fingerprint density at radius 3 is 2.71 bits per heavy atom. The second-order valence-corrected chi connectivity index (χ2v) is 3.41. The summed E-state index contributed by atoms with van der Waals surface area (Å²) in [4.78, 5) is 11.2. The lowest BCUT2D eigenvalue weighted by Crippen LogP contribution is -2.34. The highest BCUT2D eigenvalue weighted by Gasteiger charge is 2.02. The number of carbonyl (C=O) groups excluding carboxylic acids is 1. The van der Waals surface area contributed by atoms with E-state index in [1.807, 2.05) is 13.8 Å². The Kier molecular flexibility index (Phi) is 8.57. The second-order valence-electron chi connectivity index (χ2n) is 3.41. The summed E-state index contributed by atoms with van der Waals surface area (Å²) in [5, 5.41) is 6.03. The lowest BCUT2D eigenvalue weighted by atomic mass is 10.3. The predicted octanol–water partition coefficient (Wildman–Crippen LogP) is 0.527. The molecule has 0 aromatic carbocycles. The third-order valence-electron chi connectivity index (χ3n) is 1.83. The molecular weight excluding hydrogens is 180 g/mol. The van der Waals surface area contributed by atoms with E-state index in [2.05, 4.69) is 10.6 Å². The number of rotatable bonds is 8. The van der Waals surface area contributed by atoms with Gasteiger partial charge in [0.05, 0.1) is 6.61 Å². The fraction of sp³-hybridized carbons (Fsp3) is 0.900. The topological polar surface area (TPSA) is 50.4 Å². The van der Waals surface area contributed by atoms with Gasteiger partial charge in [0, 0.05) is 32.7 Å². The fourth-order valence-electron chi connectivity index (χ4n) is 1.09. The highest BCUT2D eigenvalue weighted by atomic mass is 16.5. The van der Waals surface area contributed by atoms with Crippen LogP contribution in [0.4, 0.5) is 0 Å². The van der Waals surface area contributed by atoms with Gasteiger partial charge in [-0.3, -0.25) is 4.79 Å². The molecule has 0 aliphatic carbocycles. The molecule has 0 fully saturated rings. The summed E-state index contributed by atoms with van der Waals surface area (Å²) in [5.41, 5.74) is 0. The van der Waals surface area contributed by atoms with E-state index in [0.29, 0.717) is 25.6 Å². The zero-order chi connectivity index (χ0) is 10.8. The van der Waals surface area contributed by atoms with Crippen LogP contribution in [0.15, 0.2) is 0 Å². The van der Waals surface area contributed by atoms with Crippen LogP contribution in [-0.2, 0) is 9.53 Å². The first kappa shape index (κ1) is 13.4. The summed E-state index contributed by atoms with van der Waals surface area (Å²) in [6, 6.07) is 0.305. The van der Waals surface area contributed by atoms with Gasteiger partial charge < -0.3 is 15.4 Å². The zero-order valence-electron chi connectivity index (χ0n) is 9.43. The minimum absolute atomic E-state index is 0.115. The van der Waals surface area contributed by atoms with E-state index in [4.69, 9.17) is 4.74 Å². The van der Waals surface area contributed by atoms with Crippen molar-refractivity contribution in [3.8, 4) is 0 Å². The molecule has 1 amide bonds. The van der Waals surface area contributed by atoms with Gasteiger partial charge in [-0.15, -0.1) is 0 Å². The molecule has 0 rings (SSSR count). The van der Waals surface area contributed by atoms with Gasteiger partial charge in [-0.2, -0.15) is 0 Å². The maximum atomic E-state index is 11.2. The van der Waals surface area contributed by atoms with Gasteiger partial charge in [-0.25, -0.2) is 0 Å². The number of hydrogen-bond acceptors (Lipinski definition) is 3. The van der Waals surface area contributed by atoms with Crippen molar-refractivity contribution in [2.45, 2.75) is 32.7 Å². The van der Waals surface area contributed by atoms with E-state index in [1.165, 1.54) is 0 Å². The van der Waals surface area contributed by atoms with Gasteiger partial charge in [0.15, 0.2) is 0 Å². The summed E-state index contributed by atoms with van der Waals surface area (Å²) >= 11 is 0. The largest absolute Gasteiger partial charge is 0.383 e. The van der Waals surface area contributed by atoms with Crippen molar-refractivity contribution in [2.75, 3.05) is 26.8 Å². The molecule has 0 bridgehead atoms. The molecular formula is C10H22N2O2. The van der Waals surface area contributed by atoms with E-state index in [1.54, 1.807) is 7.11 Å². The molecule has 1 unspecified atom stereocenters. The number of ether oxygens (including phenoxy) is 1. The molecule has 4 heteroatoms. The number of carbonyl (C=O) groups is 1. The summed E-state index contributed by atoms with van der Waals surface area (Å²) in [6.07, 6.45) is 1.52. The van der Waals surface area contributed by atoms with Crippen LogP contribution in [0.3, 0.4) is 0 Å². The van der Waals surface area contributed by atoms with Gasteiger partial charge in [0.25, 0.3) is 0 Å². The van der Waals surface area contributed by atoms with E-state index in [9.17, 15) is 4.79 Å². The lowest BCUT2D eigenvalue weighted by Gasteiger charge is -2.12. The zero-order valence-corrected chi connectivity index (χ0v) is 9.43. The number of methoxy groups -OCH3 is 1. The van der Waals surface area contributed by atoms with Crippen LogP contribution >= 0.6 is 0 Å². The Bertz CT molecular complexity index is 151. The molecule has 14 heavy (non-hydrogen) atoms. The van der Waals surface area contributed by atoms with Crippen LogP contribution in [-0.4, -0.2) is 38.8 Å². The highest BCUT2D eigenvalue weighted by Crippen LogP contribution is 1.84. The average Bonchev–Trinajstić information content (AvgIpc) is 2.15. The maximum Gasteiger partial charge on any atom is 0.221 e. The van der Waals surface area contributed by atoms with Gasteiger partial charge in [0.1, 0.15) is 0 Å². The third kappa shape index (κ3) is 8.01. The molecule has 0 radical (unpaired) electrons. The molecule has 0 aromatic heterocycles. The van der Waals surface area contributed by atoms with Gasteiger partial charge in [-0.1, -0.05) is 6.92 Å². The summed E-state index contributed by atoms with van der Waals surface area (Å²) in [6.45, 7) is 6.23. The second kappa shape index (κ2) is 8.97. The van der Waals surface area contributed by atoms with E-state index in [-0.39, 0.29) is 5.91 Å². The fourth-order valence-corrected chi connectivity index (χ4v) is 1.09. The molecule has 0 aliphatic rings. The van der Waals surface area contributed by atoms with Crippen molar-refractivity contribution in [3.63, 3.8) is 0 Å². The lowest BCUT2D eigenvalue weighted by molar-refractivity contribution is -0.121. The molecule has 2 N–H and O–H groups in total. The van der Waals surface area contributed by atoms with E-state index in [0.717, 1.165) is 13.0 Å². The Labute approximate surface area is 86.4 Å². The van der Waals surface area contributed by atoms with Crippen LogP contribution in [0, 0.1) is 0 Å². The molecule has 4 nitrogen and oxygen atoms in total. The van der Waals surface area contributed by atoms with Crippen LogP contribution in [0.1, 0.15) is 26.7 Å². The van der Waals surface area contributed by atoms with Crippen LogP contribution in [0.5, 0.6) is 0 Å². The number of amides is 1. The molecule has 0 aliphatic heterocycles. The first-order valence-corrected chi connectivity index (χ1v) is 5.19. The monoisotopic (exact) mass is 202 g/mol. The van der Waals surface area contributed by atoms with Crippen LogP contribution in [0.2, 0.25) is 0 Å². The van der Waals surface area contributed by atoms with E-state index < -0.39 is 0 Å². The molecule has 0 heterocycles. The summed E-state index contributed by atoms with van der Waals surface area (Å²) in [5.74, 6) is 0.115. The smallest absolute Gasteiger partial charge is 0.221 e. The van der Waals surface area contributed by atoms with Crippen LogP contribution in [0.25, 0.3) is 0 Å². The van der Waals surface area contributed by atoms with Gasteiger partial charge in [-0.05, 0) is 13.3 Å².